The molecule has 1 fully saturated rings. The van der Waals surface area contributed by atoms with Gasteiger partial charge in [-0.25, -0.2) is 4.79 Å². The Bertz CT molecular complexity index is 493. The van der Waals surface area contributed by atoms with Crippen LogP contribution in [0, 0.1) is 11.3 Å². The van der Waals surface area contributed by atoms with Crippen LogP contribution in [0.2, 0.25) is 0 Å². The van der Waals surface area contributed by atoms with Crippen molar-refractivity contribution in [2.75, 3.05) is 39.5 Å². The van der Waals surface area contributed by atoms with E-state index in [1.807, 2.05) is 13.0 Å². The molecular formula is C17H28N4O4. The number of nitriles is 1. The van der Waals surface area contributed by atoms with E-state index < -0.39 is 5.91 Å². The first kappa shape index (κ1) is 20.8. The smallest absolute Gasteiger partial charge is 0.409 e. The molecule has 0 aliphatic carbocycles. The molecule has 1 saturated heterocycles. The maximum Gasteiger partial charge on any atom is 0.409 e. The minimum atomic E-state index is -0.393. The molecule has 2 amide bonds. The molecule has 0 aromatic carbocycles. The number of likely N-dealkylation sites (tertiary alicyclic amines) is 1. The number of nitrogens with one attached hydrogen (secondary N) is 2. The number of amides is 2. The molecule has 1 heterocycles. The molecule has 0 aromatic rings. The van der Waals surface area contributed by atoms with Gasteiger partial charge in [0.15, 0.2) is 0 Å². The summed E-state index contributed by atoms with van der Waals surface area (Å²) in [6, 6.07) is 2.03. The molecule has 1 rings (SSSR count). The maximum absolute atomic E-state index is 11.9. The highest BCUT2D eigenvalue weighted by atomic mass is 16.6. The number of carbonyl (C=O) groups is 2. The summed E-state index contributed by atoms with van der Waals surface area (Å²) in [4.78, 5) is 25.2. The Labute approximate surface area is 149 Å². The molecule has 2 N–H and O–H groups in total. The minimum Gasteiger partial charge on any atom is -0.450 e. The van der Waals surface area contributed by atoms with Gasteiger partial charge in [-0.1, -0.05) is 0 Å². The van der Waals surface area contributed by atoms with Gasteiger partial charge in [0, 0.05) is 45.1 Å². The fourth-order valence-corrected chi connectivity index (χ4v) is 2.41. The van der Waals surface area contributed by atoms with E-state index >= 15 is 0 Å². The minimum absolute atomic E-state index is 0.0456. The fraction of sp³-hybridized carbons (Fsp3) is 0.706. The van der Waals surface area contributed by atoms with E-state index in [0.717, 1.165) is 12.8 Å². The molecule has 8 nitrogen and oxygen atoms in total. The zero-order chi connectivity index (χ0) is 18.5. The van der Waals surface area contributed by atoms with Crippen LogP contribution in [0.1, 0.15) is 33.1 Å². The van der Waals surface area contributed by atoms with Crippen LogP contribution in [0.15, 0.2) is 11.8 Å². The normalized spacial score (nSPS) is 15.4. The number of rotatable bonds is 9. The molecule has 0 bridgehead atoms. The highest BCUT2D eigenvalue weighted by Gasteiger charge is 2.23. The molecular weight excluding hydrogens is 324 g/mol. The second-order valence-electron chi connectivity index (χ2n) is 5.60. The van der Waals surface area contributed by atoms with Crippen LogP contribution in [0.5, 0.6) is 0 Å². The van der Waals surface area contributed by atoms with Crippen molar-refractivity contribution < 1.29 is 19.1 Å². The van der Waals surface area contributed by atoms with Gasteiger partial charge in [-0.15, -0.1) is 0 Å². The van der Waals surface area contributed by atoms with Crippen LogP contribution in [-0.2, 0) is 14.3 Å². The standard InChI is InChI=1S/C17H28N4O4/c1-3-24-11-5-8-19-16(22)14(12-18)13-20-15-6-9-21(10-7-15)17(23)25-4-2/h13,15,20H,3-11H2,1-2H3,(H,19,22)/b14-13-. The molecule has 25 heavy (non-hydrogen) atoms. The van der Waals surface area contributed by atoms with E-state index in [1.165, 1.54) is 6.20 Å². The number of hydrogen-bond donors (Lipinski definition) is 2. The summed E-state index contributed by atoms with van der Waals surface area (Å²) in [6.45, 7) is 6.95. The number of hydrogen-bond acceptors (Lipinski definition) is 6. The average molecular weight is 352 g/mol. The molecule has 1 aliphatic rings. The Morgan fingerprint density at radius 2 is 2.00 bits per heavy atom. The number of nitrogens with zero attached hydrogens (tertiary/aromatic N) is 2. The highest BCUT2D eigenvalue weighted by molar-refractivity contribution is 5.97. The second kappa shape index (κ2) is 12.1. The topological polar surface area (TPSA) is 104 Å². The molecule has 0 spiro atoms. The van der Waals surface area contributed by atoms with Gasteiger partial charge in [-0.05, 0) is 33.1 Å². The molecule has 140 valence electrons. The SMILES string of the molecule is CCOCCCNC(=O)/C(C#N)=C\NC1CCN(C(=O)OCC)CC1. The van der Waals surface area contributed by atoms with Crippen molar-refractivity contribution in [1.29, 1.82) is 5.26 Å². The molecule has 8 heteroatoms. The van der Waals surface area contributed by atoms with E-state index in [4.69, 9.17) is 14.7 Å². The van der Waals surface area contributed by atoms with E-state index in [9.17, 15) is 9.59 Å². The van der Waals surface area contributed by atoms with Crippen LogP contribution in [0.4, 0.5) is 4.79 Å². The fourth-order valence-electron chi connectivity index (χ4n) is 2.41. The van der Waals surface area contributed by atoms with Gasteiger partial charge in [0.2, 0.25) is 0 Å². The first-order valence-electron chi connectivity index (χ1n) is 8.76. The van der Waals surface area contributed by atoms with Crippen LogP contribution >= 0.6 is 0 Å². The predicted octanol–water partition coefficient (Wildman–Crippen LogP) is 1.15. The van der Waals surface area contributed by atoms with Crippen LogP contribution < -0.4 is 10.6 Å². The lowest BCUT2D eigenvalue weighted by Gasteiger charge is -2.31. The van der Waals surface area contributed by atoms with Crippen molar-refractivity contribution in [3.63, 3.8) is 0 Å². The van der Waals surface area contributed by atoms with Crippen molar-refractivity contribution in [3.05, 3.63) is 11.8 Å². The van der Waals surface area contributed by atoms with Gasteiger partial charge in [0.05, 0.1) is 6.61 Å². The lowest BCUT2D eigenvalue weighted by atomic mass is 10.1. The van der Waals surface area contributed by atoms with E-state index in [1.54, 1.807) is 11.8 Å². The van der Waals surface area contributed by atoms with Crippen LogP contribution in [0.3, 0.4) is 0 Å². The van der Waals surface area contributed by atoms with Crippen LogP contribution in [-0.4, -0.2) is 62.4 Å². The molecule has 0 radical (unpaired) electrons. The summed E-state index contributed by atoms with van der Waals surface area (Å²) in [5.41, 5.74) is 0.0456. The molecule has 0 unspecified atom stereocenters. The van der Waals surface area contributed by atoms with Gasteiger partial charge < -0.3 is 25.0 Å². The zero-order valence-electron chi connectivity index (χ0n) is 15.0. The monoisotopic (exact) mass is 352 g/mol. The van der Waals surface area contributed by atoms with Crippen molar-refractivity contribution in [2.45, 2.75) is 39.2 Å². The Hall–Kier alpha value is -2.27. The third-order valence-corrected chi connectivity index (χ3v) is 3.80. The molecule has 0 aromatic heterocycles. The maximum atomic E-state index is 11.9. The molecule has 0 atom stereocenters. The van der Waals surface area contributed by atoms with Crippen molar-refractivity contribution in [1.82, 2.24) is 15.5 Å². The number of ether oxygens (including phenoxy) is 2. The van der Waals surface area contributed by atoms with Crippen molar-refractivity contribution in [2.24, 2.45) is 0 Å². The third-order valence-electron chi connectivity index (χ3n) is 3.80. The molecule has 0 saturated carbocycles. The Kier molecular flexibility index (Phi) is 10.1. The van der Waals surface area contributed by atoms with Gasteiger partial charge in [0.1, 0.15) is 11.6 Å². The van der Waals surface area contributed by atoms with Gasteiger partial charge in [-0.2, -0.15) is 5.26 Å². The summed E-state index contributed by atoms with van der Waals surface area (Å²) >= 11 is 0. The average Bonchev–Trinajstić information content (AvgIpc) is 2.62. The van der Waals surface area contributed by atoms with Gasteiger partial charge in [0.25, 0.3) is 5.91 Å². The molecule has 1 aliphatic heterocycles. The zero-order valence-corrected chi connectivity index (χ0v) is 15.0. The van der Waals surface area contributed by atoms with E-state index in [2.05, 4.69) is 10.6 Å². The lowest BCUT2D eigenvalue weighted by Crippen LogP contribution is -2.44. The largest absolute Gasteiger partial charge is 0.450 e. The van der Waals surface area contributed by atoms with Crippen molar-refractivity contribution >= 4 is 12.0 Å². The second-order valence-corrected chi connectivity index (χ2v) is 5.60. The lowest BCUT2D eigenvalue weighted by molar-refractivity contribution is -0.117. The van der Waals surface area contributed by atoms with Gasteiger partial charge in [-0.3, -0.25) is 4.79 Å². The summed E-state index contributed by atoms with van der Waals surface area (Å²) in [6.07, 6.45) is 3.36. The quantitative estimate of drug-likeness (QED) is 0.366. The Balaban J connectivity index is 2.34. The van der Waals surface area contributed by atoms with Crippen LogP contribution in [0.25, 0.3) is 0 Å². The predicted molar refractivity (Wildman–Crippen MR) is 92.6 cm³/mol. The summed E-state index contributed by atoms with van der Waals surface area (Å²) in [5, 5.41) is 14.9. The van der Waals surface area contributed by atoms with Crippen molar-refractivity contribution in [3.8, 4) is 6.07 Å². The van der Waals surface area contributed by atoms with Gasteiger partial charge >= 0.3 is 6.09 Å². The van der Waals surface area contributed by atoms with E-state index in [-0.39, 0.29) is 17.7 Å². The first-order chi connectivity index (χ1) is 12.1. The first-order valence-corrected chi connectivity index (χ1v) is 8.76. The highest BCUT2D eigenvalue weighted by Crippen LogP contribution is 2.11. The Morgan fingerprint density at radius 3 is 2.60 bits per heavy atom. The van der Waals surface area contributed by atoms with E-state index in [0.29, 0.717) is 45.9 Å². The number of carbonyl (C=O) groups excluding carboxylic acids is 2. The summed E-state index contributed by atoms with van der Waals surface area (Å²) in [7, 11) is 0. The third kappa shape index (κ3) is 7.90. The summed E-state index contributed by atoms with van der Waals surface area (Å²) in [5.74, 6) is -0.393. The summed E-state index contributed by atoms with van der Waals surface area (Å²) < 4.78 is 10.2. The Morgan fingerprint density at radius 1 is 1.28 bits per heavy atom. The number of piperidine rings is 1.